The number of carbonyl (C=O) groups excluding carboxylic acids is 3. The lowest BCUT2D eigenvalue weighted by molar-refractivity contribution is -0.140. The van der Waals surface area contributed by atoms with Crippen LogP contribution in [0.2, 0.25) is 0 Å². The summed E-state index contributed by atoms with van der Waals surface area (Å²) in [5, 5.41) is 3.02. The number of nitrogens with zero attached hydrogens (tertiary/aromatic N) is 2. The van der Waals surface area contributed by atoms with Gasteiger partial charge in [0.2, 0.25) is 5.91 Å². The van der Waals surface area contributed by atoms with Gasteiger partial charge in [0, 0.05) is 31.8 Å². The average Bonchev–Trinajstić information content (AvgIpc) is 3.67. The number of hydrogen-bond donors (Lipinski definition) is 3. The molecule has 4 aromatic rings. The fourth-order valence-corrected chi connectivity index (χ4v) is 7.32. The summed E-state index contributed by atoms with van der Waals surface area (Å²) in [6.45, 7) is 5.72. The van der Waals surface area contributed by atoms with Crippen LogP contribution in [0.5, 0.6) is 0 Å². The average molecular weight is 796 g/mol. The standard InChI is InChI=1S/C33H33F2IN3O6PS/c1-32(2,3)28(37-29(40)27-19-20-18-21(11-16-26(20)47-27)33(34,35)46(43,44)45)31(42)38-17-7-10-25(38)30(41)39(23-8-5-4-6-9-23)24-14-12-22(36)13-15-24/h4-6,8-9,11-16,18-19,25,28H,7,10,17H2,1-3H3,(H,37,40)(H2,43,44,45)/t25-,28+/m0/s1. The Bertz CT molecular complexity index is 1860. The first kappa shape index (κ1) is 35.1. The van der Waals surface area contributed by atoms with E-state index in [0.29, 0.717) is 35.5 Å². The third-order valence-electron chi connectivity index (χ3n) is 7.98. The molecular weight excluding hydrogens is 762 g/mol. The fraction of sp³-hybridized carbons (Fsp3) is 0.303. The Hall–Kier alpha value is -3.23. The number of amides is 3. The molecule has 3 amide bonds. The van der Waals surface area contributed by atoms with Crippen LogP contribution in [0.15, 0.2) is 78.9 Å². The van der Waals surface area contributed by atoms with Crippen LogP contribution in [0.4, 0.5) is 20.2 Å². The van der Waals surface area contributed by atoms with Crippen molar-refractivity contribution < 1.29 is 37.5 Å². The van der Waals surface area contributed by atoms with E-state index in [2.05, 4.69) is 27.9 Å². The van der Waals surface area contributed by atoms with E-state index in [1.807, 2.05) is 54.6 Å². The fourth-order valence-electron chi connectivity index (χ4n) is 5.53. The predicted molar refractivity (Wildman–Crippen MR) is 186 cm³/mol. The van der Waals surface area contributed by atoms with Crippen molar-refractivity contribution in [3.8, 4) is 0 Å². The molecule has 0 spiro atoms. The summed E-state index contributed by atoms with van der Waals surface area (Å²) in [6.07, 6.45) is 1.04. The van der Waals surface area contributed by atoms with Crippen molar-refractivity contribution in [3.05, 3.63) is 92.9 Å². The zero-order chi connectivity index (χ0) is 34.3. The Balaban J connectivity index is 1.41. The molecule has 1 fully saturated rings. The minimum absolute atomic E-state index is 0.127. The van der Waals surface area contributed by atoms with Crippen molar-refractivity contribution in [2.45, 2.75) is 51.4 Å². The maximum absolute atomic E-state index is 14.3. The lowest BCUT2D eigenvalue weighted by Crippen LogP contribution is -2.57. The molecule has 0 unspecified atom stereocenters. The monoisotopic (exact) mass is 795 g/mol. The molecule has 1 aliphatic heterocycles. The molecule has 0 aliphatic carbocycles. The molecule has 248 valence electrons. The molecule has 0 saturated carbocycles. The highest BCUT2D eigenvalue weighted by molar-refractivity contribution is 14.1. The van der Waals surface area contributed by atoms with Gasteiger partial charge in [0.05, 0.1) is 4.88 Å². The van der Waals surface area contributed by atoms with E-state index in [9.17, 15) is 27.7 Å². The summed E-state index contributed by atoms with van der Waals surface area (Å²) in [5.41, 5.74) is -4.72. The Kier molecular flexibility index (Phi) is 9.96. The lowest BCUT2D eigenvalue weighted by atomic mass is 9.85. The second-order valence-electron chi connectivity index (χ2n) is 12.4. The van der Waals surface area contributed by atoms with Crippen molar-refractivity contribution in [1.29, 1.82) is 0 Å². The van der Waals surface area contributed by atoms with E-state index < -0.39 is 48.1 Å². The van der Waals surface area contributed by atoms with Gasteiger partial charge in [-0.2, -0.15) is 8.78 Å². The van der Waals surface area contributed by atoms with Gasteiger partial charge < -0.3 is 20.0 Å². The van der Waals surface area contributed by atoms with Gasteiger partial charge in [0.25, 0.3) is 11.8 Å². The molecule has 3 N–H and O–H groups in total. The van der Waals surface area contributed by atoms with E-state index in [0.717, 1.165) is 27.0 Å². The first-order chi connectivity index (χ1) is 22.0. The number of alkyl halides is 2. The molecule has 2 atom stereocenters. The van der Waals surface area contributed by atoms with Crippen LogP contribution < -0.4 is 10.2 Å². The van der Waals surface area contributed by atoms with E-state index in [1.54, 1.807) is 25.7 Å². The van der Waals surface area contributed by atoms with Gasteiger partial charge in [-0.1, -0.05) is 45.0 Å². The number of nitrogens with one attached hydrogen (secondary N) is 1. The second-order valence-corrected chi connectivity index (χ2v) is 16.4. The summed E-state index contributed by atoms with van der Waals surface area (Å²) in [7, 11) is -5.77. The van der Waals surface area contributed by atoms with Crippen LogP contribution in [-0.2, 0) is 19.8 Å². The van der Waals surface area contributed by atoms with Gasteiger partial charge in [0.1, 0.15) is 12.1 Å². The third-order valence-corrected chi connectivity index (χ3v) is 10.8. The maximum atomic E-state index is 14.3. The minimum atomic E-state index is -5.77. The van der Waals surface area contributed by atoms with Crippen LogP contribution in [0, 0.1) is 8.99 Å². The number of likely N-dealkylation sites (tertiary alicyclic amines) is 1. The number of fused-ring (bicyclic) bond motifs is 1. The maximum Gasteiger partial charge on any atom is 0.399 e. The molecule has 1 aromatic heterocycles. The topological polar surface area (TPSA) is 127 Å². The van der Waals surface area contributed by atoms with Crippen LogP contribution in [0.3, 0.4) is 0 Å². The number of anilines is 2. The van der Waals surface area contributed by atoms with Gasteiger partial charge in [0.15, 0.2) is 0 Å². The smallest absolute Gasteiger partial charge is 0.339 e. The molecule has 9 nitrogen and oxygen atoms in total. The van der Waals surface area contributed by atoms with Gasteiger partial charge in [-0.3, -0.25) is 23.8 Å². The van der Waals surface area contributed by atoms with Gasteiger partial charge in [-0.05, 0) is 101 Å². The highest BCUT2D eigenvalue weighted by Crippen LogP contribution is 2.59. The Morgan fingerprint density at radius 2 is 1.64 bits per heavy atom. The Morgan fingerprint density at radius 3 is 2.26 bits per heavy atom. The van der Waals surface area contributed by atoms with Gasteiger partial charge in [-0.25, -0.2) is 0 Å². The van der Waals surface area contributed by atoms with E-state index in [1.165, 1.54) is 17.0 Å². The van der Waals surface area contributed by atoms with Gasteiger partial charge in [-0.15, -0.1) is 11.3 Å². The number of hydrogen-bond acceptors (Lipinski definition) is 5. The summed E-state index contributed by atoms with van der Waals surface area (Å²) < 4.78 is 41.5. The largest absolute Gasteiger partial charge is 0.399 e. The molecule has 14 heteroatoms. The molecular formula is C33H33F2IN3O6PS. The molecule has 47 heavy (non-hydrogen) atoms. The highest BCUT2D eigenvalue weighted by Gasteiger charge is 2.50. The first-order valence-corrected chi connectivity index (χ1v) is 18.2. The summed E-state index contributed by atoms with van der Waals surface area (Å²) >= 11 is 3.19. The molecule has 0 radical (unpaired) electrons. The van der Waals surface area contributed by atoms with Crippen molar-refractivity contribution in [2.75, 3.05) is 11.4 Å². The second kappa shape index (κ2) is 13.3. The minimum Gasteiger partial charge on any atom is -0.339 e. The number of rotatable bonds is 8. The first-order valence-electron chi connectivity index (χ1n) is 14.7. The van der Waals surface area contributed by atoms with Gasteiger partial charge >= 0.3 is 13.3 Å². The normalized spacial score (nSPS) is 16.3. The van der Waals surface area contributed by atoms with Crippen LogP contribution >= 0.6 is 41.5 Å². The van der Waals surface area contributed by atoms with E-state index in [-0.39, 0.29) is 16.2 Å². The van der Waals surface area contributed by atoms with Crippen LogP contribution in [0.1, 0.15) is 48.8 Å². The summed E-state index contributed by atoms with van der Waals surface area (Å²) in [6, 6.07) is 19.4. The van der Waals surface area contributed by atoms with Crippen molar-refractivity contribution in [1.82, 2.24) is 10.2 Å². The zero-order valence-electron chi connectivity index (χ0n) is 25.7. The van der Waals surface area contributed by atoms with Crippen LogP contribution in [0.25, 0.3) is 10.1 Å². The molecule has 5 rings (SSSR count). The van der Waals surface area contributed by atoms with Crippen molar-refractivity contribution in [2.24, 2.45) is 5.41 Å². The number of halogens is 3. The number of para-hydroxylation sites is 1. The molecule has 0 bridgehead atoms. The predicted octanol–water partition coefficient (Wildman–Crippen LogP) is 7.23. The molecule has 3 aromatic carbocycles. The molecule has 1 aliphatic rings. The van der Waals surface area contributed by atoms with E-state index in [4.69, 9.17) is 9.79 Å². The molecule has 2 heterocycles. The van der Waals surface area contributed by atoms with E-state index >= 15 is 0 Å². The third kappa shape index (κ3) is 7.29. The van der Waals surface area contributed by atoms with Crippen LogP contribution in [-0.4, -0.2) is 51.0 Å². The number of benzene rings is 3. The number of thiophene rings is 1. The highest BCUT2D eigenvalue weighted by atomic mass is 127. The van der Waals surface area contributed by atoms with Crippen molar-refractivity contribution in [3.63, 3.8) is 0 Å². The SMILES string of the molecule is CC(C)(C)[C@H](NC(=O)c1cc2cc(C(F)(F)P(=O)(O)O)ccc2s1)C(=O)N1CCC[C@H]1C(=O)N(c1ccccc1)c1ccc(I)cc1. The quantitative estimate of drug-likeness (QED) is 0.128. The zero-order valence-corrected chi connectivity index (χ0v) is 29.6. The number of carbonyl (C=O) groups is 3. The lowest BCUT2D eigenvalue weighted by Gasteiger charge is -2.36. The Labute approximate surface area is 288 Å². The summed E-state index contributed by atoms with van der Waals surface area (Å²) in [5.74, 6) is -1.30. The summed E-state index contributed by atoms with van der Waals surface area (Å²) in [4.78, 5) is 63.5. The Morgan fingerprint density at radius 1 is 1.00 bits per heavy atom. The molecule has 1 saturated heterocycles. The van der Waals surface area contributed by atoms with Crippen molar-refractivity contribution >= 4 is 80.7 Å².